The van der Waals surface area contributed by atoms with Crippen LogP contribution in [0, 0.1) is 0 Å². The molecule has 25 heavy (non-hydrogen) atoms. The van der Waals surface area contributed by atoms with Gasteiger partial charge in [-0.15, -0.1) is 46.4 Å². The second kappa shape index (κ2) is 12.1. The lowest BCUT2D eigenvalue weighted by molar-refractivity contribution is 0.0600. The van der Waals surface area contributed by atoms with Crippen molar-refractivity contribution >= 4 is 52.4 Å². The number of halogens is 4. The van der Waals surface area contributed by atoms with Crippen molar-refractivity contribution in [2.24, 2.45) is 0 Å². The van der Waals surface area contributed by atoms with Crippen LogP contribution in [0.5, 0.6) is 5.75 Å². The lowest BCUT2D eigenvalue weighted by Crippen LogP contribution is -2.28. The SMILES string of the molecule is CCCCC(Cl)C(Cl)CC(Cl)C(Cl)COc1ccc(C(=O)OC)cc1. The highest BCUT2D eigenvalue weighted by molar-refractivity contribution is 6.32. The quantitative estimate of drug-likeness (QED) is 0.326. The van der Waals surface area contributed by atoms with E-state index in [-0.39, 0.29) is 22.7 Å². The average Bonchev–Trinajstić information content (AvgIpc) is 2.63. The molecule has 0 fully saturated rings. The first kappa shape index (κ1) is 22.7. The summed E-state index contributed by atoms with van der Waals surface area (Å²) in [5.74, 6) is 0.206. The summed E-state index contributed by atoms with van der Waals surface area (Å²) in [5, 5.41) is -1.09. The molecular formula is C18H24Cl4O3. The van der Waals surface area contributed by atoms with Crippen LogP contribution in [0.4, 0.5) is 0 Å². The summed E-state index contributed by atoms with van der Waals surface area (Å²) >= 11 is 25.3. The van der Waals surface area contributed by atoms with E-state index in [0.29, 0.717) is 17.7 Å². The standard InChI is InChI=1S/C18H24Cl4O3/c1-3-4-5-14(19)15(20)10-16(21)17(22)11-25-13-8-6-12(7-9-13)18(23)24-2/h6-9,14-17H,3-5,10-11H2,1-2H3. The normalized spacial score (nSPS) is 15.9. The number of hydrogen-bond donors (Lipinski definition) is 0. The summed E-state index contributed by atoms with van der Waals surface area (Å²) in [6.45, 7) is 2.35. The van der Waals surface area contributed by atoms with E-state index < -0.39 is 11.3 Å². The van der Waals surface area contributed by atoms with E-state index in [9.17, 15) is 4.79 Å². The van der Waals surface area contributed by atoms with Gasteiger partial charge in [0.2, 0.25) is 0 Å². The van der Waals surface area contributed by atoms with E-state index in [1.54, 1.807) is 24.3 Å². The van der Waals surface area contributed by atoms with Gasteiger partial charge < -0.3 is 9.47 Å². The topological polar surface area (TPSA) is 35.5 Å². The molecule has 0 aliphatic heterocycles. The predicted octanol–water partition coefficient (Wildman–Crippen LogP) is 5.86. The summed E-state index contributed by atoms with van der Waals surface area (Å²) in [7, 11) is 1.34. The summed E-state index contributed by atoms with van der Waals surface area (Å²) in [5.41, 5.74) is 0.456. The number of alkyl halides is 4. The number of rotatable bonds is 11. The Kier molecular flexibility index (Phi) is 11.0. The molecule has 4 atom stereocenters. The Morgan fingerprint density at radius 1 is 1.00 bits per heavy atom. The summed E-state index contributed by atoms with van der Waals surface area (Å²) in [6.07, 6.45) is 3.50. The fourth-order valence-electron chi connectivity index (χ4n) is 2.18. The zero-order valence-corrected chi connectivity index (χ0v) is 17.4. The van der Waals surface area contributed by atoms with Gasteiger partial charge in [0.1, 0.15) is 12.4 Å². The van der Waals surface area contributed by atoms with Gasteiger partial charge in [0.15, 0.2) is 0 Å². The van der Waals surface area contributed by atoms with E-state index >= 15 is 0 Å². The maximum Gasteiger partial charge on any atom is 0.337 e. The minimum absolute atomic E-state index is 0.112. The zero-order valence-electron chi connectivity index (χ0n) is 14.4. The molecule has 3 nitrogen and oxygen atoms in total. The zero-order chi connectivity index (χ0) is 18.8. The van der Waals surface area contributed by atoms with Crippen LogP contribution in [-0.2, 0) is 4.74 Å². The molecule has 1 aromatic rings. The molecule has 0 aliphatic carbocycles. The monoisotopic (exact) mass is 428 g/mol. The Morgan fingerprint density at radius 2 is 1.60 bits per heavy atom. The van der Waals surface area contributed by atoms with Crippen molar-refractivity contribution in [2.75, 3.05) is 13.7 Å². The number of hydrogen-bond acceptors (Lipinski definition) is 3. The molecule has 0 N–H and O–H groups in total. The van der Waals surface area contributed by atoms with Crippen LogP contribution >= 0.6 is 46.4 Å². The van der Waals surface area contributed by atoms with E-state index in [4.69, 9.17) is 51.1 Å². The molecule has 7 heteroatoms. The van der Waals surface area contributed by atoms with Gasteiger partial charge >= 0.3 is 5.97 Å². The molecule has 0 aromatic heterocycles. The molecule has 0 amide bonds. The van der Waals surface area contributed by atoms with E-state index in [0.717, 1.165) is 19.3 Å². The Bertz CT molecular complexity index is 510. The van der Waals surface area contributed by atoms with Crippen molar-refractivity contribution in [2.45, 2.75) is 54.1 Å². The second-order valence-electron chi connectivity index (χ2n) is 5.77. The van der Waals surface area contributed by atoms with E-state index in [1.165, 1.54) is 7.11 Å². The molecule has 0 radical (unpaired) electrons. The van der Waals surface area contributed by atoms with Crippen molar-refractivity contribution in [1.82, 2.24) is 0 Å². The second-order valence-corrected chi connectivity index (χ2v) is 8.01. The van der Waals surface area contributed by atoms with Gasteiger partial charge in [-0.3, -0.25) is 0 Å². The molecule has 0 bridgehead atoms. The van der Waals surface area contributed by atoms with Gasteiger partial charge in [0.05, 0.1) is 28.8 Å². The number of methoxy groups -OCH3 is 1. The lowest BCUT2D eigenvalue weighted by Gasteiger charge is -2.22. The highest BCUT2D eigenvalue weighted by atomic mass is 35.5. The highest BCUT2D eigenvalue weighted by Crippen LogP contribution is 2.26. The van der Waals surface area contributed by atoms with Crippen LogP contribution in [-0.4, -0.2) is 41.2 Å². The van der Waals surface area contributed by atoms with Crippen LogP contribution in [0.1, 0.15) is 43.0 Å². The third-order valence-electron chi connectivity index (χ3n) is 3.75. The highest BCUT2D eigenvalue weighted by Gasteiger charge is 2.25. The van der Waals surface area contributed by atoms with Gasteiger partial charge in [-0.1, -0.05) is 19.8 Å². The minimum Gasteiger partial charge on any atom is -0.492 e. The first-order valence-electron chi connectivity index (χ1n) is 8.26. The van der Waals surface area contributed by atoms with Crippen LogP contribution in [0.15, 0.2) is 24.3 Å². The Balaban J connectivity index is 2.42. The smallest absolute Gasteiger partial charge is 0.337 e. The first-order chi connectivity index (χ1) is 11.9. The van der Waals surface area contributed by atoms with Crippen molar-refractivity contribution in [1.29, 1.82) is 0 Å². The number of benzene rings is 1. The lowest BCUT2D eigenvalue weighted by atomic mass is 10.1. The van der Waals surface area contributed by atoms with Gasteiger partial charge in [0, 0.05) is 5.38 Å². The maximum atomic E-state index is 11.4. The molecule has 1 rings (SSSR count). The maximum absolute atomic E-state index is 11.4. The van der Waals surface area contributed by atoms with Crippen LogP contribution < -0.4 is 4.74 Å². The van der Waals surface area contributed by atoms with Gasteiger partial charge in [-0.2, -0.15) is 0 Å². The third-order valence-corrected chi connectivity index (χ3v) is 5.93. The summed E-state index contributed by atoms with van der Waals surface area (Å²) in [6, 6.07) is 6.62. The van der Waals surface area contributed by atoms with Gasteiger partial charge in [-0.05, 0) is 37.1 Å². The Labute approximate surface area is 169 Å². The van der Waals surface area contributed by atoms with Crippen LogP contribution in [0.3, 0.4) is 0 Å². The molecule has 4 unspecified atom stereocenters. The van der Waals surface area contributed by atoms with Gasteiger partial charge in [0.25, 0.3) is 0 Å². The van der Waals surface area contributed by atoms with Crippen LogP contribution in [0.25, 0.3) is 0 Å². The van der Waals surface area contributed by atoms with Crippen molar-refractivity contribution < 1.29 is 14.3 Å². The fraction of sp³-hybridized carbons (Fsp3) is 0.611. The van der Waals surface area contributed by atoms with E-state index in [1.807, 2.05) is 0 Å². The van der Waals surface area contributed by atoms with E-state index in [2.05, 4.69) is 11.7 Å². The van der Waals surface area contributed by atoms with Crippen LogP contribution in [0.2, 0.25) is 0 Å². The number of esters is 1. The Hall–Kier alpha value is -0.350. The van der Waals surface area contributed by atoms with Crippen molar-refractivity contribution in [3.63, 3.8) is 0 Å². The van der Waals surface area contributed by atoms with Crippen molar-refractivity contribution in [3.05, 3.63) is 29.8 Å². The third kappa shape index (κ3) is 8.25. The predicted molar refractivity (Wildman–Crippen MR) is 106 cm³/mol. The Morgan fingerprint density at radius 3 is 2.16 bits per heavy atom. The molecular weight excluding hydrogens is 406 g/mol. The number of carbonyl (C=O) groups is 1. The largest absolute Gasteiger partial charge is 0.492 e. The molecule has 1 aromatic carbocycles. The number of unbranched alkanes of at least 4 members (excludes halogenated alkanes) is 1. The molecule has 0 saturated carbocycles. The summed E-state index contributed by atoms with van der Waals surface area (Å²) in [4.78, 5) is 11.4. The molecule has 0 heterocycles. The first-order valence-corrected chi connectivity index (χ1v) is 10.0. The average molecular weight is 430 g/mol. The summed E-state index contributed by atoms with van der Waals surface area (Å²) < 4.78 is 10.3. The number of ether oxygens (including phenoxy) is 2. The fourth-order valence-corrected chi connectivity index (χ4v) is 3.27. The van der Waals surface area contributed by atoms with Gasteiger partial charge in [-0.25, -0.2) is 4.79 Å². The molecule has 0 aliphatic rings. The minimum atomic E-state index is -0.404. The molecule has 142 valence electrons. The number of carbonyl (C=O) groups excluding carboxylic acids is 1. The molecule has 0 saturated heterocycles. The molecule has 0 spiro atoms. The van der Waals surface area contributed by atoms with Crippen molar-refractivity contribution in [3.8, 4) is 5.75 Å².